The molecule has 0 saturated carbocycles. The van der Waals surface area contributed by atoms with Gasteiger partial charge in [-0.1, -0.05) is 12.1 Å². The molecule has 78 valence electrons. The maximum absolute atomic E-state index is 11.6. The van der Waals surface area contributed by atoms with E-state index in [0.717, 1.165) is 0 Å². The largest absolute Gasteiger partial charge is 0.394 e. The van der Waals surface area contributed by atoms with Crippen LogP contribution in [0.5, 0.6) is 0 Å². The van der Waals surface area contributed by atoms with Gasteiger partial charge in [0.15, 0.2) is 0 Å². The predicted molar refractivity (Wildman–Crippen MR) is 53.4 cm³/mol. The van der Waals surface area contributed by atoms with E-state index in [1.54, 1.807) is 24.3 Å². The van der Waals surface area contributed by atoms with Gasteiger partial charge in [0, 0.05) is 0 Å². The van der Waals surface area contributed by atoms with Gasteiger partial charge in [0.1, 0.15) is 6.04 Å². The van der Waals surface area contributed by atoms with Crippen molar-refractivity contribution in [2.24, 2.45) is 0 Å². The van der Waals surface area contributed by atoms with Gasteiger partial charge in [-0.3, -0.25) is 9.59 Å². The van der Waals surface area contributed by atoms with Crippen molar-refractivity contribution in [3.63, 3.8) is 0 Å². The number of aliphatic hydroxyl groups is 1. The zero-order chi connectivity index (χ0) is 10.8. The van der Waals surface area contributed by atoms with Crippen LogP contribution >= 0.6 is 0 Å². The minimum atomic E-state index is -0.884. The zero-order valence-corrected chi connectivity index (χ0v) is 7.86. The highest BCUT2D eigenvalue weighted by Crippen LogP contribution is 2.17. The number of amides is 2. The van der Waals surface area contributed by atoms with Gasteiger partial charge in [-0.15, -0.1) is 0 Å². The summed E-state index contributed by atoms with van der Waals surface area (Å²) in [4.78, 5) is 23.1. The molecule has 0 radical (unpaired) electrons. The molecule has 1 aromatic rings. The molecule has 1 aromatic carbocycles. The van der Waals surface area contributed by atoms with E-state index in [9.17, 15) is 9.59 Å². The number of hydrogen-bond acceptors (Lipinski definition) is 3. The van der Waals surface area contributed by atoms with Gasteiger partial charge in [0.25, 0.3) is 5.91 Å². The number of rotatable bonds is 1. The summed E-state index contributed by atoms with van der Waals surface area (Å²) in [5.41, 5.74) is 0.873. The number of fused-ring (bicyclic) bond motifs is 1. The van der Waals surface area contributed by atoms with E-state index < -0.39 is 18.6 Å². The second-order valence-corrected chi connectivity index (χ2v) is 3.24. The first-order valence-corrected chi connectivity index (χ1v) is 4.54. The van der Waals surface area contributed by atoms with Crippen molar-refractivity contribution in [2.45, 2.75) is 6.04 Å². The number of anilines is 1. The molecule has 1 unspecified atom stereocenters. The number of benzene rings is 1. The first kappa shape index (κ1) is 9.67. The highest BCUT2D eigenvalue weighted by Gasteiger charge is 2.26. The molecule has 5 nitrogen and oxygen atoms in total. The van der Waals surface area contributed by atoms with Crippen molar-refractivity contribution in [3.8, 4) is 0 Å². The quantitative estimate of drug-likeness (QED) is 0.591. The molecule has 2 amide bonds. The van der Waals surface area contributed by atoms with Crippen LogP contribution in [-0.2, 0) is 4.79 Å². The topological polar surface area (TPSA) is 78.4 Å². The summed E-state index contributed by atoms with van der Waals surface area (Å²) in [6, 6.07) is 5.82. The second kappa shape index (κ2) is 3.70. The SMILES string of the molecule is O=C1NC(CO)C(=O)Nc2ccccc21. The van der Waals surface area contributed by atoms with Crippen LogP contribution in [0.2, 0.25) is 0 Å². The molecule has 0 fully saturated rings. The molecular formula is C10H10N2O3. The highest BCUT2D eigenvalue weighted by atomic mass is 16.3. The molecule has 2 rings (SSSR count). The lowest BCUT2D eigenvalue weighted by Gasteiger charge is -2.10. The Morgan fingerprint density at radius 2 is 2.00 bits per heavy atom. The molecule has 15 heavy (non-hydrogen) atoms. The third-order valence-corrected chi connectivity index (χ3v) is 2.23. The molecule has 0 bridgehead atoms. The highest BCUT2D eigenvalue weighted by molar-refractivity contribution is 6.09. The van der Waals surface area contributed by atoms with Crippen molar-refractivity contribution in [3.05, 3.63) is 29.8 Å². The maximum Gasteiger partial charge on any atom is 0.254 e. The van der Waals surface area contributed by atoms with Gasteiger partial charge in [0.05, 0.1) is 17.9 Å². The number of carbonyl (C=O) groups excluding carboxylic acids is 2. The average Bonchev–Trinajstić information content (AvgIpc) is 2.37. The Hall–Kier alpha value is -1.88. The first-order chi connectivity index (χ1) is 7.22. The predicted octanol–water partition coefficient (Wildman–Crippen LogP) is -0.271. The fourth-order valence-corrected chi connectivity index (χ4v) is 1.44. The standard InChI is InChI=1S/C10H10N2O3/c13-5-8-10(15)11-7-4-2-1-3-6(7)9(14)12-8/h1-4,8,13H,5H2,(H,11,15)(H,12,14). The van der Waals surface area contributed by atoms with Crippen molar-refractivity contribution < 1.29 is 14.7 Å². The average molecular weight is 206 g/mol. The summed E-state index contributed by atoms with van der Waals surface area (Å²) in [6.45, 7) is -0.411. The van der Waals surface area contributed by atoms with Crippen molar-refractivity contribution in [1.82, 2.24) is 5.32 Å². The molecule has 1 heterocycles. The van der Waals surface area contributed by atoms with E-state index in [0.29, 0.717) is 11.3 Å². The van der Waals surface area contributed by atoms with E-state index in [2.05, 4.69) is 10.6 Å². The van der Waals surface area contributed by atoms with Crippen LogP contribution in [-0.4, -0.2) is 29.6 Å². The number of nitrogens with one attached hydrogen (secondary N) is 2. The third kappa shape index (κ3) is 1.69. The van der Waals surface area contributed by atoms with Crippen LogP contribution < -0.4 is 10.6 Å². The molecule has 0 spiro atoms. The summed E-state index contributed by atoms with van der Waals surface area (Å²) in [7, 11) is 0. The number of hydrogen-bond donors (Lipinski definition) is 3. The minimum absolute atomic E-state index is 0.358. The number of carbonyl (C=O) groups is 2. The Morgan fingerprint density at radius 1 is 1.27 bits per heavy atom. The first-order valence-electron chi connectivity index (χ1n) is 4.54. The third-order valence-electron chi connectivity index (χ3n) is 2.23. The van der Waals surface area contributed by atoms with Crippen molar-refractivity contribution >= 4 is 17.5 Å². The van der Waals surface area contributed by atoms with E-state index in [-0.39, 0.29) is 5.91 Å². The monoisotopic (exact) mass is 206 g/mol. The number of aliphatic hydroxyl groups excluding tert-OH is 1. The summed E-state index contributed by atoms with van der Waals surface area (Å²) in [5.74, 6) is -0.765. The van der Waals surface area contributed by atoms with Crippen LogP contribution in [0.25, 0.3) is 0 Å². The van der Waals surface area contributed by atoms with Crippen molar-refractivity contribution in [2.75, 3.05) is 11.9 Å². The second-order valence-electron chi connectivity index (χ2n) is 3.24. The van der Waals surface area contributed by atoms with Crippen LogP contribution in [0.1, 0.15) is 10.4 Å². The fourth-order valence-electron chi connectivity index (χ4n) is 1.44. The lowest BCUT2D eigenvalue weighted by molar-refractivity contribution is -0.118. The summed E-state index contributed by atoms with van der Waals surface area (Å²) < 4.78 is 0. The maximum atomic E-state index is 11.6. The van der Waals surface area contributed by atoms with Gasteiger partial charge >= 0.3 is 0 Å². The Bertz CT molecular complexity index is 417. The Morgan fingerprint density at radius 3 is 2.73 bits per heavy atom. The molecule has 0 aromatic heterocycles. The molecule has 3 N–H and O–H groups in total. The molecule has 0 saturated heterocycles. The molecule has 0 aliphatic carbocycles. The van der Waals surface area contributed by atoms with Gasteiger partial charge < -0.3 is 15.7 Å². The Balaban J connectivity index is 2.41. The van der Waals surface area contributed by atoms with Gasteiger partial charge in [0.2, 0.25) is 5.91 Å². The van der Waals surface area contributed by atoms with E-state index in [4.69, 9.17) is 5.11 Å². The van der Waals surface area contributed by atoms with Crippen LogP contribution in [0.4, 0.5) is 5.69 Å². The fraction of sp³-hybridized carbons (Fsp3) is 0.200. The van der Waals surface area contributed by atoms with Crippen LogP contribution in [0, 0.1) is 0 Å². The normalized spacial score (nSPS) is 19.9. The number of para-hydroxylation sites is 1. The molecule has 1 aliphatic rings. The van der Waals surface area contributed by atoms with Gasteiger partial charge in [-0.2, -0.15) is 0 Å². The molecular weight excluding hydrogens is 196 g/mol. The summed E-state index contributed by atoms with van der Waals surface area (Å²) in [6.07, 6.45) is 0. The van der Waals surface area contributed by atoms with Gasteiger partial charge in [-0.05, 0) is 12.1 Å². The molecule has 5 heteroatoms. The lowest BCUT2D eigenvalue weighted by atomic mass is 10.2. The van der Waals surface area contributed by atoms with Crippen LogP contribution in [0.3, 0.4) is 0 Å². The minimum Gasteiger partial charge on any atom is -0.394 e. The van der Waals surface area contributed by atoms with E-state index in [1.165, 1.54) is 0 Å². The Labute approximate surface area is 86.1 Å². The molecule has 1 atom stereocenters. The Kier molecular flexibility index (Phi) is 2.39. The lowest BCUT2D eigenvalue weighted by Crippen LogP contribution is -2.43. The molecule has 1 aliphatic heterocycles. The van der Waals surface area contributed by atoms with Crippen molar-refractivity contribution in [1.29, 1.82) is 0 Å². The smallest absolute Gasteiger partial charge is 0.254 e. The summed E-state index contributed by atoms with van der Waals surface area (Å²) >= 11 is 0. The zero-order valence-electron chi connectivity index (χ0n) is 7.86. The van der Waals surface area contributed by atoms with E-state index >= 15 is 0 Å². The summed E-state index contributed by atoms with van der Waals surface area (Å²) in [5, 5.41) is 13.9. The van der Waals surface area contributed by atoms with Gasteiger partial charge in [-0.25, -0.2) is 0 Å². The van der Waals surface area contributed by atoms with Crippen LogP contribution in [0.15, 0.2) is 24.3 Å². The van der Waals surface area contributed by atoms with E-state index in [1.807, 2.05) is 0 Å².